The molecule has 0 bridgehead atoms. The smallest absolute Gasteiger partial charge is 0.220 e. The van der Waals surface area contributed by atoms with E-state index in [1.54, 1.807) is 0 Å². The summed E-state index contributed by atoms with van der Waals surface area (Å²) in [7, 11) is 0. The Morgan fingerprint density at radius 1 is 1.06 bits per heavy atom. The lowest BCUT2D eigenvalue weighted by molar-refractivity contribution is -0.122. The predicted molar refractivity (Wildman–Crippen MR) is 71.1 cm³/mol. The fourth-order valence-corrected chi connectivity index (χ4v) is 3.44. The Morgan fingerprint density at radius 2 is 1.76 bits per heavy atom. The largest absolute Gasteiger partial charge is 0.356 e. The number of amides is 1. The molecule has 1 N–H and O–H groups in total. The normalized spacial score (nSPS) is 29.7. The number of carbonyl (C=O) groups is 1. The van der Waals surface area contributed by atoms with Crippen LogP contribution in [0.4, 0.5) is 0 Å². The van der Waals surface area contributed by atoms with Gasteiger partial charge in [-0.25, -0.2) is 0 Å². The Bertz CT molecular complexity index is 253. The van der Waals surface area contributed by atoms with Crippen molar-refractivity contribution in [2.45, 2.75) is 51.4 Å². The minimum Gasteiger partial charge on any atom is -0.356 e. The minimum absolute atomic E-state index is 0.258. The summed E-state index contributed by atoms with van der Waals surface area (Å²) in [6.45, 7) is 0.850. The van der Waals surface area contributed by atoms with Crippen LogP contribution in [0.2, 0.25) is 0 Å². The van der Waals surface area contributed by atoms with Gasteiger partial charge in [-0.2, -0.15) is 0 Å². The first-order valence-corrected chi connectivity index (χ1v) is 7.65. The first-order valence-electron chi connectivity index (χ1n) is 7.12. The van der Waals surface area contributed by atoms with E-state index in [1.807, 2.05) is 0 Å². The third-order valence-corrected chi connectivity index (χ3v) is 4.92. The van der Waals surface area contributed by atoms with Crippen molar-refractivity contribution < 1.29 is 4.79 Å². The molecular weight excluding hydrogens is 234 g/mol. The molecule has 2 aliphatic carbocycles. The van der Waals surface area contributed by atoms with Crippen LogP contribution in [0.1, 0.15) is 51.4 Å². The molecule has 0 aromatic heterocycles. The fourth-order valence-electron chi connectivity index (χ4n) is 3.03. The van der Waals surface area contributed by atoms with Crippen LogP contribution in [0.15, 0.2) is 0 Å². The van der Waals surface area contributed by atoms with Gasteiger partial charge in [0.1, 0.15) is 0 Å². The highest BCUT2D eigenvalue weighted by molar-refractivity contribution is 6.18. The Balaban J connectivity index is 1.66. The van der Waals surface area contributed by atoms with Crippen molar-refractivity contribution in [3.8, 4) is 0 Å². The molecule has 0 aromatic carbocycles. The number of rotatable bonds is 5. The van der Waals surface area contributed by atoms with Crippen LogP contribution in [0.25, 0.3) is 0 Å². The zero-order valence-corrected chi connectivity index (χ0v) is 11.3. The van der Waals surface area contributed by atoms with Crippen molar-refractivity contribution >= 4 is 17.5 Å². The van der Waals surface area contributed by atoms with Crippen LogP contribution in [-0.2, 0) is 4.79 Å². The van der Waals surface area contributed by atoms with E-state index in [0.29, 0.717) is 17.8 Å². The van der Waals surface area contributed by atoms with Crippen molar-refractivity contribution in [2.75, 3.05) is 12.4 Å². The maximum Gasteiger partial charge on any atom is 0.220 e. The van der Waals surface area contributed by atoms with Gasteiger partial charge < -0.3 is 5.32 Å². The summed E-state index contributed by atoms with van der Waals surface area (Å²) >= 11 is 5.99. The molecule has 2 fully saturated rings. The standard InChI is InChI=1S/C14H24ClNO/c15-9-12-6-1-2-7-13(12)10-16-14(17)8-11-4-3-5-11/h11-13H,1-10H2,(H,16,17). The van der Waals surface area contributed by atoms with Gasteiger partial charge >= 0.3 is 0 Å². The Morgan fingerprint density at radius 3 is 2.35 bits per heavy atom. The molecule has 0 aliphatic heterocycles. The van der Waals surface area contributed by atoms with Crippen molar-refractivity contribution in [2.24, 2.45) is 17.8 Å². The number of alkyl halides is 1. The van der Waals surface area contributed by atoms with E-state index < -0.39 is 0 Å². The van der Waals surface area contributed by atoms with E-state index in [1.165, 1.54) is 44.9 Å². The number of hydrogen-bond donors (Lipinski definition) is 1. The van der Waals surface area contributed by atoms with E-state index in [4.69, 9.17) is 11.6 Å². The number of carbonyl (C=O) groups excluding carboxylic acids is 1. The van der Waals surface area contributed by atoms with Gasteiger partial charge in [-0.15, -0.1) is 11.6 Å². The topological polar surface area (TPSA) is 29.1 Å². The van der Waals surface area contributed by atoms with E-state index in [2.05, 4.69) is 5.32 Å². The molecule has 1 amide bonds. The van der Waals surface area contributed by atoms with Gasteiger partial charge in [0.15, 0.2) is 0 Å². The highest BCUT2D eigenvalue weighted by Gasteiger charge is 2.25. The van der Waals surface area contributed by atoms with Crippen LogP contribution in [0.5, 0.6) is 0 Å². The van der Waals surface area contributed by atoms with E-state index >= 15 is 0 Å². The second kappa shape index (κ2) is 6.63. The van der Waals surface area contributed by atoms with Crippen LogP contribution < -0.4 is 5.32 Å². The van der Waals surface area contributed by atoms with Crippen LogP contribution >= 0.6 is 11.6 Å². The summed E-state index contributed by atoms with van der Waals surface area (Å²) in [4.78, 5) is 11.7. The molecule has 0 spiro atoms. The summed E-state index contributed by atoms with van der Waals surface area (Å²) in [6, 6.07) is 0. The highest BCUT2D eigenvalue weighted by Crippen LogP contribution is 2.31. The van der Waals surface area contributed by atoms with Gasteiger partial charge in [0.05, 0.1) is 0 Å². The maximum atomic E-state index is 11.7. The Kier molecular flexibility index (Phi) is 5.15. The van der Waals surface area contributed by atoms with Crippen molar-refractivity contribution in [3.63, 3.8) is 0 Å². The average Bonchev–Trinajstić information content (AvgIpc) is 2.31. The van der Waals surface area contributed by atoms with Gasteiger partial charge in [0.2, 0.25) is 5.91 Å². The lowest BCUT2D eigenvalue weighted by Gasteiger charge is -2.31. The number of hydrogen-bond acceptors (Lipinski definition) is 1. The third kappa shape index (κ3) is 3.87. The Labute approximate surface area is 109 Å². The van der Waals surface area contributed by atoms with Gasteiger partial charge in [-0.05, 0) is 43.4 Å². The van der Waals surface area contributed by atoms with Crippen molar-refractivity contribution in [1.82, 2.24) is 5.32 Å². The summed E-state index contributed by atoms with van der Waals surface area (Å²) in [5.74, 6) is 2.92. The number of nitrogens with one attached hydrogen (secondary N) is 1. The molecule has 0 radical (unpaired) electrons. The Hall–Kier alpha value is -0.240. The lowest BCUT2D eigenvalue weighted by atomic mass is 9.80. The fraction of sp³-hybridized carbons (Fsp3) is 0.929. The molecule has 0 aromatic rings. The molecule has 17 heavy (non-hydrogen) atoms. The first kappa shape index (κ1) is 13.2. The molecule has 2 atom stereocenters. The first-order chi connectivity index (χ1) is 8.29. The van der Waals surface area contributed by atoms with Crippen molar-refractivity contribution in [1.29, 1.82) is 0 Å². The second-order valence-electron chi connectivity index (χ2n) is 5.76. The molecule has 98 valence electrons. The summed E-state index contributed by atoms with van der Waals surface area (Å²) in [6.07, 6.45) is 9.66. The quantitative estimate of drug-likeness (QED) is 0.752. The molecule has 2 aliphatic rings. The van der Waals surface area contributed by atoms with Crippen LogP contribution in [0, 0.1) is 17.8 Å². The molecule has 0 heterocycles. The maximum absolute atomic E-state index is 11.7. The zero-order chi connectivity index (χ0) is 12.1. The van der Waals surface area contributed by atoms with Gasteiger partial charge in [0.25, 0.3) is 0 Å². The SMILES string of the molecule is O=C(CC1CCC1)NCC1CCCCC1CCl. The number of halogens is 1. The molecule has 0 saturated heterocycles. The van der Waals surface area contributed by atoms with E-state index in [9.17, 15) is 4.79 Å². The van der Waals surface area contributed by atoms with Gasteiger partial charge in [0, 0.05) is 18.8 Å². The molecule has 2 nitrogen and oxygen atoms in total. The zero-order valence-electron chi connectivity index (χ0n) is 10.6. The molecule has 3 heteroatoms. The monoisotopic (exact) mass is 257 g/mol. The second-order valence-corrected chi connectivity index (χ2v) is 6.07. The minimum atomic E-state index is 0.258. The molecule has 2 saturated carbocycles. The van der Waals surface area contributed by atoms with E-state index in [-0.39, 0.29) is 5.91 Å². The highest BCUT2D eigenvalue weighted by atomic mass is 35.5. The molecular formula is C14H24ClNO. The van der Waals surface area contributed by atoms with Crippen LogP contribution in [-0.4, -0.2) is 18.3 Å². The summed E-state index contributed by atoms with van der Waals surface area (Å²) in [5.41, 5.74) is 0. The average molecular weight is 258 g/mol. The summed E-state index contributed by atoms with van der Waals surface area (Å²) in [5, 5.41) is 3.12. The van der Waals surface area contributed by atoms with Crippen molar-refractivity contribution in [3.05, 3.63) is 0 Å². The van der Waals surface area contributed by atoms with E-state index in [0.717, 1.165) is 18.8 Å². The third-order valence-electron chi connectivity index (χ3n) is 4.52. The summed E-state index contributed by atoms with van der Waals surface area (Å²) < 4.78 is 0. The van der Waals surface area contributed by atoms with Gasteiger partial charge in [-0.3, -0.25) is 4.79 Å². The predicted octanol–water partition coefficient (Wildman–Crippen LogP) is 3.34. The van der Waals surface area contributed by atoms with Gasteiger partial charge in [-0.1, -0.05) is 19.3 Å². The molecule has 2 unspecified atom stereocenters. The van der Waals surface area contributed by atoms with Crippen LogP contribution in [0.3, 0.4) is 0 Å². The molecule has 2 rings (SSSR count). The lowest BCUT2D eigenvalue weighted by Crippen LogP contribution is -2.36.